The lowest BCUT2D eigenvalue weighted by molar-refractivity contribution is 0.631. The molecular formula is C8H14. The number of hydrogen-bond acceptors (Lipinski definition) is 0. The van der Waals surface area contributed by atoms with Gasteiger partial charge in [-0.25, -0.2) is 0 Å². The standard InChI is InChI=1S/C8H14/c1-2-3-7-6-8(7)4-5-8/h7H,2-6H2,1H3/t7-/m0/s1. The van der Waals surface area contributed by atoms with Crippen molar-refractivity contribution in [2.24, 2.45) is 11.3 Å². The van der Waals surface area contributed by atoms with E-state index in [9.17, 15) is 0 Å². The maximum Gasteiger partial charge on any atom is -0.0266 e. The molecule has 2 fully saturated rings. The van der Waals surface area contributed by atoms with Crippen molar-refractivity contribution in [1.82, 2.24) is 0 Å². The molecule has 0 unspecified atom stereocenters. The number of hydrogen-bond donors (Lipinski definition) is 0. The molecule has 1 atom stereocenters. The molecule has 2 aliphatic rings. The van der Waals surface area contributed by atoms with Crippen LogP contribution in [0.15, 0.2) is 0 Å². The summed E-state index contributed by atoms with van der Waals surface area (Å²) in [7, 11) is 0. The van der Waals surface area contributed by atoms with E-state index in [0.717, 1.165) is 5.41 Å². The minimum absolute atomic E-state index is 0.968. The molecule has 2 aliphatic carbocycles. The van der Waals surface area contributed by atoms with Crippen LogP contribution in [0.1, 0.15) is 39.0 Å². The van der Waals surface area contributed by atoms with Crippen LogP contribution in [-0.4, -0.2) is 0 Å². The predicted molar refractivity (Wildman–Crippen MR) is 34.7 cm³/mol. The summed E-state index contributed by atoms with van der Waals surface area (Å²) in [5, 5.41) is 0. The summed E-state index contributed by atoms with van der Waals surface area (Å²) < 4.78 is 0. The van der Waals surface area contributed by atoms with Crippen LogP contribution in [0.2, 0.25) is 0 Å². The van der Waals surface area contributed by atoms with Crippen molar-refractivity contribution in [2.45, 2.75) is 39.0 Å². The highest BCUT2D eigenvalue weighted by Gasteiger charge is 2.61. The van der Waals surface area contributed by atoms with Crippen LogP contribution in [0.5, 0.6) is 0 Å². The fourth-order valence-electron chi connectivity index (χ4n) is 1.96. The zero-order valence-corrected chi connectivity index (χ0v) is 5.61. The zero-order chi connectivity index (χ0) is 5.61. The van der Waals surface area contributed by atoms with Crippen LogP contribution in [0.25, 0.3) is 0 Å². The largest absolute Gasteiger partial charge is 0.0654 e. The van der Waals surface area contributed by atoms with Crippen molar-refractivity contribution in [2.75, 3.05) is 0 Å². The summed E-state index contributed by atoms with van der Waals surface area (Å²) in [6, 6.07) is 0. The molecule has 1 spiro atoms. The average molecular weight is 110 g/mol. The van der Waals surface area contributed by atoms with E-state index in [1.165, 1.54) is 18.8 Å². The van der Waals surface area contributed by atoms with Crippen LogP contribution in [0, 0.1) is 11.3 Å². The first-order valence-corrected chi connectivity index (χ1v) is 3.87. The van der Waals surface area contributed by atoms with Crippen LogP contribution >= 0.6 is 0 Å². The molecular weight excluding hydrogens is 96.1 g/mol. The summed E-state index contributed by atoms with van der Waals surface area (Å²) in [6.07, 6.45) is 7.64. The third-order valence-electron chi connectivity index (χ3n) is 2.89. The SMILES string of the molecule is CCC[C@H]1CC12CC2. The summed E-state index contributed by atoms with van der Waals surface area (Å²) in [4.78, 5) is 0. The topological polar surface area (TPSA) is 0 Å². The van der Waals surface area contributed by atoms with Crippen LogP contribution in [-0.2, 0) is 0 Å². The molecule has 2 rings (SSSR count). The zero-order valence-electron chi connectivity index (χ0n) is 5.61. The van der Waals surface area contributed by atoms with Crippen molar-refractivity contribution >= 4 is 0 Å². The van der Waals surface area contributed by atoms with Gasteiger partial charge in [-0.1, -0.05) is 19.8 Å². The minimum atomic E-state index is 0.968. The van der Waals surface area contributed by atoms with Gasteiger partial charge in [0.15, 0.2) is 0 Å². The fraction of sp³-hybridized carbons (Fsp3) is 1.00. The summed E-state index contributed by atoms with van der Waals surface area (Å²) >= 11 is 0. The Morgan fingerprint density at radius 2 is 2.25 bits per heavy atom. The fourth-order valence-corrected chi connectivity index (χ4v) is 1.96. The Hall–Kier alpha value is 0. The van der Waals surface area contributed by atoms with E-state index in [0.29, 0.717) is 0 Å². The van der Waals surface area contributed by atoms with Gasteiger partial charge in [0.05, 0.1) is 0 Å². The molecule has 0 bridgehead atoms. The van der Waals surface area contributed by atoms with Gasteiger partial charge in [-0.15, -0.1) is 0 Å². The molecule has 2 saturated carbocycles. The van der Waals surface area contributed by atoms with Crippen molar-refractivity contribution in [3.8, 4) is 0 Å². The molecule has 0 aliphatic heterocycles. The van der Waals surface area contributed by atoms with Gasteiger partial charge in [0.1, 0.15) is 0 Å². The molecule has 0 heterocycles. The lowest BCUT2D eigenvalue weighted by Crippen LogP contribution is -1.77. The molecule has 0 radical (unpaired) electrons. The van der Waals surface area contributed by atoms with Crippen LogP contribution in [0.4, 0.5) is 0 Å². The molecule has 8 heavy (non-hydrogen) atoms. The average Bonchev–Trinajstić information content (AvgIpc) is 2.57. The van der Waals surface area contributed by atoms with Crippen molar-refractivity contribution in [3.05, 3.63) is 0 Å². The Morgan fingerprint density at radius 3 is 2.62 bits per heavy atom. The first-order chi connectivity index (χ1) is 3.87. The minimum Gasteiger partial charge on any atom is -0.0654 e. The molecule has 46 valence electrons. The molecule has 0 aromatic rings. The highest BCUT2D eigenvalue weighted by atomic mass is 14.7. The maximum absolute atomic E-state index is 2.30. The van der Waals surface area contributed by atoms with E-state index in [1.807, 2.05) is 0 Å². The Morgan fingerprint density at radius 1 is 1.50 bits per heavy atom. The summed E-state index contributed by atoms with van der Waals surface area (Å²) in [5.74, 6) is 1.17. The van der Waals surface area contributed by atoms with Gasteiger partial charge in [0.2, 0.25) is 0 Å². The van der Waals surface area contributed by atoms with Gasteiger partial charge in [-0.3, -0.25) is 0 Å². The molecule has 0 N–H and O–H groups in total. The second kappa shape index (κ2) is 1.29. The van der Waals surface area contributed by atoms with Gasteiger partial charge >= 0.3 is 0 Å². The van der Waals surface area contributed by atoms with Crippen molar-refractivity contribution in [3.63, 3.8) is 0 Å². The maximum atomic E-state index is 2.30. The molecule has 0 heteroatoms. The Bertz CT molecular complexity index is 101. The van der Waals surface area contributed by atoms with E-state index in [1.54, 1.807) is 19.3 Å². The lowest BCUT2D eigenvalue weighted by atomic mass is 10.2. The summed E-state index contributed by atoms with van der Waals surface area (Å²) in [6.45, 7) is 2.30. The quantitative estimate of drug-likeness (QED) is 0.512. The Balaban J connectivity index is 1.80. The Labute approximate surface area is 51.3 Å². The second-order valence-corrected chi connectivity index (χ2v) is 3.55. The van der Waals surface area contributed by atoms with Crippen molar-refractivity contribution in [1.29, 1.82) is 0 Å². The first kappa shape index (κ1) is 4.84. The van der Waals surface area contributed by atoms with E-state index in [-0.39, 0.29) is 0 Å². The monoisotopic (exact) mass is 110 g/mol. The van der Waals surface area contributed by atoms with Crippen LogP contribution < -0.4 is 0 Å². The second-order valence-electron chi connectivity index (χ2n) is 3.55. The molecule has 0 nitrogen and oxygen atoms in total. The molecule has 0 saturated heterocycles. The number of rotatable bonds is 2. The van der Waals surface area contributed by atoms with E-state index < -0.39 is 0 Å². The highest BCUT2D eigenvalue weighted by molar-refractivity contribution is 5.11. The van der Waals surface area contributed by atoms with Gasteiger partial charge in [-0.05, 0) is 30.6 Å². The van der Waals surface area contributed by atoms with Gasteiger partial charge in [0, 0.05) is 0 Å². The smallest absolute Gasteiger partial charge is 0.0266 e. The van der Waals surface area contributed by atoms with E-state index in [4.69, 9.17) is 0 Å². The Kier molecular flexibility index (Phi) is 0.778. The van der Waals surface area contributed by atoms with Gasteiger partial charge in [0.25, 0.3) is 0 Å². The highest BCUT2D eigenvalue weighted by Crippen LogP contribution is 2.71. The summed E-state index contributed by atoms with van der Waals surface area (Å²) in [5.41, 5.74) is 0.968. The van der Waals surface area contributed by atoms with E-state index >= 15 is 0 Å². The molecule has 0 aromatic heterocycles. The third kappa shape index (κ3) is 0.519. The van der Waals surface area contributed by atoms with Crippen molar-refractivity contribution < 1.29 is 0 Å². The van der Waals surface area contributed by atoms with Crippen LogP contribution in [0.3, 0.4) is 0 Å². The van der Waals surface area contributed by atoms with E-state index in [2.05, 4.69) is 6.92 Å². The third-order valence-corrected chi connectivity index (χ3v) is 2.89. The molecule has 0 amide bonds. The predicted octanol–water partition coefficient (Wildman–Crippen LogP) is 2.59. The first-order valence-electron chi connectivity index (χ1n) is 3.87. The van der Waals surface area contributed by atoms with Gasteiger partial charge < -0.3 is 0 Å². The normalized spacial score (nSPS) is 37.9. The van der Waals surface area contributed by atoms with Gasteiger partial charge in [-0.2, -0.15) is 0 Å². The lowest BCUT2D eigenvalue weighted by Gasteiger charge is -1.88. The molecule has 0 aromatic carbocycles.